The minimum Gasteiger partial charge on any atom is -0.495 e. The van der Waals surface area contributed by atoms with Gasteiger partial charge in [0.2, 0.25) is 0 Å². The first-order chi connectivity index (χ1) is 9.69. The highest BCUT2D eigenvalue weighted by Crippen LogP contribution is 2.25. The molecular weight excluding hydrogens is 252 g/mol. The summed E-state index contributed by atoms with van der Waals surface area (Å²) in [4.78, 5) is 12.1. The molecule has 1 fully saturated rings. The van der Waals surface area contributed by atoms with Crippen LogP contribution >= 0.6 is 0 Å². The van der Waals surface area contributed by atoms with Gasteiger partial charge in [-0.2, -0.15) is 0 Å². The van der Waals surface area contributed by atoms with Gasteiger partial charge in [-0.1, -0.05) is 31.7 Å². The highest BCUT2D eigenvalue weighted by Gasteiger charge is 2.15. The zero-order chi connectivity index (χ0) is 14.4. The molecule has 1 aromatic carbocycles. The molecule has 1 saturated carbocycles. The number of rotatable bonds is 3. The number of urea groups is 1. The predicted molar refractivity (Wildman–Crippen MR) is 81.4 cm³/mol. The average Bonchev–Trinajstić information content (AvgIpc) is 2.67. The lowest BCUT2D eigenvalue weighted by atomic mass is 10.1. The van der Waals surface area contributed by atoms with Crippen molar-refractivity contribution in [3.63, 3.8) is 0 Å². The second kappa shape index (κ2) is 7.17. The fourth-order valence-electron chi connectivity index (χ4n) is 2.69. The van der Waals surface area contributed by atoms with E-state index in [0.29, 0.717) is 11.8 Å². The van der Waals surface area contributed by atoms with E-state index in [1.807, 2.05) is 25.1 Å². The van der Waals surface area contributed by atoms with Crippen molar-refractivity contribution in [2.45, 2.75) is 51.5 Å². The van der Waals surface area contributed by atoms with Crippen LogP contribution in [0.3, 0.4) is 0 Å². The second-order valence-corrected chi connectivity index (χ2v) is 5.49. The number of methoxy groups -OCH3 is 1. The zero-order valence-electron chi connectivity index (χ0n) is 12.4. The predicted octanol–water partition coefficient (Wildman–Crippen LogP) is 3.85. The summed E-state index contributed by atoms with van der Waals surface area (Å²) in [6, 6.07) is 5.92. The quantitative estimate of drug-likeness (QED) is 0.824. The molecule has 2 N–H and O–H groups in total. The van der Waals surface area contributed by atoms with E-state index in [-0.39, 0.29) is 6.03 Å². The van der Waals surface area contributed by atoms with Gasteiger partial charge in [0.15, 0.2) is 0 Å². The first-order valence-corrected chi connectivity index (χ1v) is 7.41. The highest BCUT2D eigenvalue weighted by atomic mass is 16.5. The van der Waals surface area contributed by atoms with Crippen LogP contribution in [0.2, 0.25) is 0 Å². The highest BCUT2D eigenvalue weighted by molar-refractivity contribution is 5.91. The molecule has 0 heterocycles. The Kier molecular flexibility index (Phi) is 5.27. The molecule has 0 bridgehead atoms. The Balaban J connectivity index is 1.95. The van der Waals surface area contributed by atoms with Gasteiger partial charge in [-0.15, -0.1) is 0 Å². The molecule has 0 aromatic heterocycles. The standard InChI is InChI=1S/C16H24N2O2/c1-12-9-10-15(20-2)14(11-12)18-16(19)17-13-7-5-3-4-6-8-13/h9-11,13H,3-8H2,1-2H3,(H2,17,18,19). The lowest BCUT2D eigenvalue weighted by molar-refractivity contribution is 0.247. The van der Waals surface area contributed by atoms with Gasteiger partial charge in [-0.05, 0) is 37.5 Å². The summed E-state index contributed by atoms with van der Waals surface area (Å²) in [6.45, 7) is 1.99. The number of anilines is 1. The molecule has 2 amide bonds. The molecule has 1 aromatic rings. The van der Waals surface area contributed by atoms with Gasteiger partial charge < -0.3 is 15.4 Å². The Hall–Kier alpha value is -1.71. The zero-order valence-corrected chi connectivity index (χ0v) is 12.4. The number of ether oxygens (including phenoxy) is 1. The summed E-state index contributed by atoms with van der Waals surface area (Å²) in [5, 5.41) is 5.97. The Morgan fingerprint density at radius 3 is 2.55 bits per heavy atom. The number of aryl methyl sites for hydroxylation is 1. The van der Waals surface area contributed by atoms with E-state index in [1.54, 1.807) is 7.11 Å². The van der Waals surface area contributed by atoms with Crippen LogP contribution in [0.25, 0.3) is 0 Å². The molecule has 0 atom stereocenters. The molecule has 2 rings (SSSR count). The third-order valence-electron chi connectivity index (χ3n) is 3.79. The first-order valence-electron chi connectivity index (χ1n) is 7.41. The Labute approximate surface area is 120 Å². The summed E-state index contributed by atoms with van der Waals surface area (Å²) in [7, 11) is 1.61. The van der Waals surface area contributed by atoms with Crippen LogP contribution in [-0.4, -0.2) is 19.2 Å². The smallest absolute Gasteiger partial charge is 0.319 e. The fraction of sp³-hybridized carbons (Fsp3) is 0.562. The van der Waals surface area contributed by atoms with E-state index in [4.69, 9.17) is 4.74 Å². The molecular formula is C16H24N2O2. The molecule has 0 spiro atoms. The van der Waals surface area contributed by atoms with Gasteiger partial charge >= 0.3 is 6.03 Å². The molecule has 4 heteroatoms. The van der Waals surface area contributed by atoms with Crippen molar-refractivity contribution in [3.05, 3.63) is 23.8 Å². The van der Waals surface area contributed by atoms with E-state index >= 15 is 0 Å². The lowest BCUT2D eigenvalue weighted by Crippen LogP contribution is -2.37. The van der Waals surface area contributed by atoms with Crippen molar-refractivity contribution in [1.29, 1.82) is 0 Å². The molecule has 4 nitrogen and oxygen atoms in total. The van der Waals surface area contributed by atoms with Crippen LogP contribution in [-0.2, 0) is 0 Å². The van der Waals surface area contributed by atoms with Gasteiger partial charge in [0.25, 0.3) is 0 Å². The second-order valence-electron chi connectivity index (χ2n) is 5.49. The van der Waals surface area contributed by atoms with Gasteiger partial charge in [0.05, 0.1) is 12.8 Å². The van der Waals surface area contributed by atoms with Crippen LogP contribution in [0.1, 0.15) is 44.1 Å². The molecule has 110 valence electrons. The van der Waals surface area contributed by atoms with Crippen molar-refractivity contribution in [3.8, 4) is 5.75 Å². The first kappa shape index (κ1) is 14.7. The van der Waals surface area contributed by atoms with Crippen LogP contribution in [0.15, 0.2) is 18.2 Å². The number of hydrogen-bond donors (Lipinski definition) is 2. The maximum atomic E-state index is 12.1. The third-order valence-corrected chi connectivity index (χ3v) is 3.79. The van der Waals surface area contributed by atoms with E-state index in [9.17, 15) is 4.79 Å². The van der Waals surface area contributed by atoms with Gasteiger partial charge in [0, 0.05) is 6.04 Å². The minimum atomic E-state index is -0.138. The van der Waals surface area contributed by atoms with Crippen LogP contribution in [0.4, 0.5) is 10.5 Å². The maximum Gasteiger partial charge on any atom is 0.319 e. The van der Waals surface area contributed by atoms with Crippen LogP contribution in [0, 0.1) is 6.92 Å². The lowest BCUT2D eigenvalue weighted by Gasteiger charge is -2.18. The van der Waals surface area contributed by atoms with Crippen molar-refractivity contribution in [2.75, 3.05) is 12.4 Å². The van der Waals surface area contributed by atoms with Crippen LogP contribution in [0.5, 0.6) is 5.75 Å². The minimum absolute atomic E-state index is 0.138. The van der Waals surface area contributed by atoms with Gasteiger partial charge in [-0.3, -0.25) is 0 Å². The number of amides is 2. The summed E-state index contributed by atoms with van der Waals surface area (Å²) in [5.74, 6) is 0.687. The van der Waals surface area contributed by atoms with E-state index in [2.05, 4.69) is 10.6 Å². The Bertz CT molecular complexity index is 452. The molecule has 0 aliphatic heterocycles. The SMILES string of the molecule is COc1ccc(C)cc1NC(=O)NC1CCCCCC1. The maximum absolute atomic E-state index is 12.1. The number of carbonyl (C=O) groups excluding carboxylic acids is 1. The van der Waals surface area contributed by atoms with Crippen LogP contribution < -0.4 is 15.4 Å². The molecule has 1 aliphatic carbocycles. The summed E-state index contributed by atoms with van der Waals surface area (Å²) in [5.41, 5.74) is 1.81. The van der Waals surface area contributed by atoms with Crippen molar-refractivity contribution < 1.29 is 9.53 Å². The summed E-state index contributed by atoms with van der Waals surface area (Å²) in [6.07, 6.45) is 7.14. The molecule has 1 aliphatic rings. The molecule has 20 heavy (non-hydrogen) atoms. The summed E-state index contributed by atoms with van der Waals surface area (Å²) < 4.78 is 5.27. The Morgan fingerprint density at radius 1 is 1.20 bits per heavy atom. The largest absolute Gasteiger partial charge is 0.495 e. The normalized spacial score (nSPS) is 16.3. The van der Waals surface area contributed by atoms with E-state index < -0.39 is 0 Å². The van der Waals surface area contributed by atoms with E-state index in [0.717, 1.165) is 24.1 Å². The molecule has 0 radical (unpaired) electrons. The molecule has 0 saturated heterocycles. The number of nitrogens with one attached hydrogen (secondary N) is 2. The fourth-order valence-corrected chi connectivity index (χ4v) is 2.69. The van der Waals surface area contributed by atoms with Gasteiger partial charge in [-0.25, -0.2) is 4.79 Å². The number of benzene rings is 1. The van der Waals surface area contributed by atoms with E-state index in [1.165, 1.54) is 25.7 Å². The average molecular weight is 276 g/mol. The topological polar surface area (TPSA) is 50.4 Å². The number of carbonyl (C=O) groups is 1. The van der Waals surface area contributed by atoms with Crippen molar-refractivity contribution in [1.82, 2.24) is 5.32 Å². The third kappa shape index (κ3) is 4.15. The van der Waals surface area contributed by atoms with Crippen molar-refractivity contribution >= 4 is 11.7 Å². The van der Waals surface area contributed by atoms with Gasteiger partial charge in [0.1, 0.15) is 5.75 Å². The Morgan fingerprint density at radius 2 is 1.90 bits per heavy atom. The monoisotopic (exact) mass is 276 g/mol. The van der Waals surface area contributed by atoms with Crippen molar-refractivity contribution in [2.24, 2.45) is 0 Å². The number of hydrogen-bond acceptors (Lipinski definition) is 2. The molecule has 0 unspecified atom stereocenters. The summed E-state index contributed by atoms with van der Waals surface area (Å²) >= 11 is 0.